The van der Waals surface area contributed by atoms with E-state index in [9.17, 15) is 4.39 Å². The smallest absolute Gasteiger partial charge is 0.124 e. The van der Waals surface area contributed by atoms with Gasteiger partial charge in [0.2, 0.25) is 0 Å². The van der Waals surface area contributed by atoms with E-state index in [4.69, 9.17) is 5.26 Å². The highest BCUT2D eigenvalue weighted by molar-refractivity contribution is 7.98. The van der Waals surface area contributed by atoms with Crippen LogP contribution in [0.4, 0.5) is 15.8 Å². The van der Waals surface area contributed by atoms with Crippen molar-refractivity contribution in [1.82, 2.24) is 0 Å². The van der Waals surface area contributed by atoms with E-state index in [1.54, 1.807) is 17.8 Å². The highest BCUT2D eigenvalue weighted by Gasteiger charge is 2.06. The number of rotatable bonds is 3. The van der Waals surface area contributed by atoms with Crippen LogP contribution in [0.2, 0.25) is 0 Å². The minimum absolute atomic E-state index is 0.297. The van der Waals surface area contributed by atoms with Gasteiger partial charge in [-0.2, -0.15) is 5.26 Å². The molecule has 0 aromatic heterocycles. The van der Waals surface area contributed by atoms with Crippen LogP contribution in [-0.4, -0.2) is 6.26 Å². The molecule has 0 aliphatic rings. The van der Waals surface area contributed by atoms with Gasteiger partial charge in [0.15, 0.2) is 0 Å². The van der Waals surface area contributed by atoms with Gasteiger partial charge in [-0.1, -0.05) is 12.1 Å². The molecule has 0 saturated heterocycles. The quantitative estimate of drug-likeness (QED) is 0.839. The third kappa shape index (κ3) is 2.63. The Kier molecular flexibility index (Phi) is 3.85. The maximum Gasteiger partial charge on any atom is 0.124 e. The summed E-state index contributed by atoms with van der Waals surface area (Å²) < 4.78 is 13.0. The first-order valence-electron chi connectivity index (χ1n) is 5.34. The fraction of sp³-hybridized carbons (Fsp3) is 0.0714. The highest BCUT2D eigenvalue weighted by Crippen LogP contribution is 2.29. The van der Waals surface area contributed by atoms with E-state index in [1.807, 2.05) is 36.6 Å². The van der Waals surface area contributed by atoms with Crippen LogP contribution in [-0.2, 0) is 0 Å². The minimum atomic E-state index is -0.407. The summed E-state index contributed by atoms with van der Waals surface area (Å²) >= 11 is 1.61. The van der Waals surface area contributed by atoms with E-state index >= 15 is 0 Å². The van der Waals surface area contributed by atoms with Crippen molar-refractivity contribution < 1.29 is 4.39 Å². The van der Waals surface area contributed by atoms with Gasteiger partial charge in [0.05, 0.1) is 16.9 Å². The standard InChI is InChI=1S/C14H11FN2S/c1-18-14-5-3-2-4-13(14)17-12-7-6-11(15)8-10(12)9-16/h2-8,17H,1H3. The summed E-state index contributed by atoms with van der Waals surface area (Å²) in [7, 11) is 0. The van der Waals surface area contributed by atoms with E-state index in [0.29, 0.717) is 11.3 Å². The number of hydrogen-bond acceptors (Lipinski definition) is 3. The molecule has 2 rings (SSSR count). The Morgan fingerprint density at radius 1 is 1.17 bits per heavy atom. The molecule has 0 saturated carbocycles. The molecule has 90 valence electrons. The molecule has 0 aliphatic carbocycles. The molecule has 0 spiro atoms. The van der Waals surface area contributed by atoms with Crippen molar-refractivity contribution in [3.8, 4) is 6.07 Å². The van der Waals surface area contributed by atoms with E-state index in [0.717, 1.165) is 10.6 Å². The average Bonchev–Trinajstić information content (AvgIpc) is 2.41. The second kappa shape index (κ2) is 5.56. The lowest BCUT2D eigenvalue weighted by atomic mass is 10.2. The van der Waals surface area contributed by atoms with Crippen LogP contribution < -0.4 is 5.32 Å². The van der Waals surface area contributed by atoms with Crippen molar-refractivity contribution in [3.05, 3.63) is 53.8 Å². The summed E-state index contributed by atoms with van der Waals surface area (Å²) in [5, 5.41) is 12.1. The van der Waals surface area contributed by atoms with Crippen molar-refractivity contribution in [2.75, 3.05) is 11.6 Å². The maximum atomic E-state index is 13.0. The number of nitrogens with zero attached hydrogens (tertiary/aromatic N) is 1. The van der Waals surface area contributed by atoms with Crippen molar-refractivity contribution in [2.24, 2.45) is 0 Å². The number of nitrogens with one attached hydrogen (secondary N) is 1. The van der Waals surface area contributed by atoms with Crippen LogP contribution in [0.15, 0.2) is 47.4 Å². The summed E-state index contributed by atoms with van der Waals surface area (Å²) in [6, 6.07) is 13.9. The molecule has 0 radical (unpaired) electrons. The Bertz CT molecular complexity index is 605. The SMILES string of the molecule is CSc1ccccc1Nc1ccc(F)cc1C#N. The Morgan fingerprint density at radius 2 is 1.94 bits per heavy atom. The highest BCUT2D eigenvalue weighted by atomic mass is 32.2. The lowest BCUT2D eigenvalue weighted by Crippen LogP contribution is -1.95. The third-order valence-corrected chi connectivity index (χ3v) is 3.27. The van der Waals surface area contributed by atoms with E-state index in [2.05, 4.69) is 5.32 Å². The fourth-order valence-electron chi connectivity index (χ4n) is 1.61. The molecular weight excluding hydrogens is 247 g/mol. The van der Waals surface area contributed by atoms with Gasteiger partial charge in [0.25, 0.3) is 0 Å². The first-order valence-corrected chi connectivity index (χ1v) is 6.57. The van der Waals surface area contributed by atoms with Gasteiger partial charge in [0.1, 0.15) is 11.9 Å². The van der Waals surface area contributed by atoms with Crippen molar-refractivity contribution in [2.45, 2.75) is 4.90 Å². The fourth-order valence-corrected chi connectivity index (χ4v) is 2.16. The first kappa shape index (κ1) is 12.5. The van der Waals surface area contributed by atoms with Crippen molar-refractivity contribution in [3.63, 3.8) is 0 Å². The van der Waals surface area contributed by atoms with Crippen LogP contribution >= 0.6 is 11.8 Å². The zero-order valence-corrected chi connectivity index (χ0v) is 10.6. The van der Waals surface area contributed by atoms with Gasteiger partial charge >= 0.3 is 0 Å². The second-order valence-corrected chi connectivity index (χ2v) is 4.48. The number of nitriles is 1. The third-order valence-electron chi connectivity index (χ3n) is 2.48. The summed E-state index contributed by atoms with van der Waals surface area (Å²) in [6.45, 7) is 0. The van der Waals surface area contributed by atoms with Gasteiger partial charge in [0, 0.05) is 4.90 Å². The minimum Gasteiger partial charge on any atom is -0.354 e. The molecule has 2 aromatic carbocycles. The Labute approximate surface area is 109 Å². The second-order valence-electron chi connectivity index (χ2n) is 3.63. The van der Waals surface area contributed by atoms with Crippen molar-refractivity contribution >= 4 is 23.1 Å². The molecule has 0 amide bonds. The molecule has 0 bridgehead atoms. The topological polar surface area (TPSA) is 35.8 Å². The molecule has 0 fully saturated rings. The Morgan fingerprint density at radius 3 is 2.67 bits per heavy atom. The van der Waals surface area contributed by atoms with Crippen LogP contribution in [0.25, 0.3) is 0 Å². The predicted molar refractivity (Wildman–Crippen MR) is 72.6 cm³/mol. The number of anilines is 2. The van der Waals surface area contributed by atoms with Crippen LogP contribution in [0.5, 0.6) is 0 Å². The van der Waals surface area contributed by atoms with Crippen LogP contribution in [0.1, 0.15) is 5.56 Å². The van der Waals surface area contributed by atoms with Crippen LogP contribution in [0, 0.1) is 17.1 Å². The van der Waals surface area contributed by atoms with Gasteiger partial charge < -0.3 is 5.32 Å². The van der Waals surface area contributed by atoms with Crippen molar-refractivity contribution in [1.29, 1.82) is 5.26 Å². The maximum absolute atomic E-state index is 13.0. The zero-order valence-electron chi connectivity index (χ0n) is 9.77. The van der Waals surface area contributed by atoms with Gasteiger partial charge in [-0.25, -0.2) is 4.39 Å². The average molecular weight is 258 g/mol. The lowest BCUT2D eigenvalue weighted by molar-refractivity contribution is 0.627. The molecule has 2 aromatic rings. The molecule has 4 heteroatoms. The number of para-hydroxylation sites is 1. The Hall–Kier alpha value is -1.99. The summed E-state index contributed by atoms with van der Waals surface area (Å²) in [4.78, 5) is 1.07. The van der Waals surface area contributed by atoms with E-state index in [-0.39, 0.29) is 0 Å². The van der Waals surface area contributed by atoms with Gasteiger partial charge in [-0.15, -0.1) is 11.8 Å². The monoisotopic (exact) mass is 258 g/mol. The molecule has 0 atom stereocenters. The van der Waals surface area contributed by atoms with Crippen LogP contribution in [0.3, 0.4) is 0 Å². The van der Waals surface area contributed by atoms with E-state index in [1.165, 1.54) is 12.1 Å². The largest absolute Gasteiger partial charge is 0.354 e. The molecule has 0 unspecified atom stereocenters. The van der Waals surface area contributed by atoms with Gasteiger partial charge in [-0.05, 0) is 36.6 Å². The summed E-state index contributed by atoms with van der Waals surface area (Å²) in [5.41, 5.74) is 1.82. The molecule has 0 aliphatic heterocycles. The number of thioether (sulfide) groups is 1. The first-order chi connectivity index (χ1) is 8.74. The molecule has 1 N–H and O–H groups in total. The molecule has 18 heavy (non-hydrogen) atoms. The summed E-state index contributed by atoms with van der Waals surface area (Å²) in [5.74, 6) is -0.407. The van der Waals surface area contributed by atoms with Gasteiger partial charge in [-0.3, -0.25) is 0 Å². The normalized spacial score (nSPS) is 9.83. The number of benzene rings is 2. The number of halogens is 1. The molecular formula is C14H11FN2S. The lowest BCUT2D eigenvalue weighted by Gasteiger charge is -2.11. The van der Waals surface area contributed by atoms with E-state index < -0.39 is 5.82 Å². The molecule has 2 nitrogen and oxygen atoms in total. The predicted octanol–water partition coefficient (Wildman–Crippen LogP) is 4.16. The number of hydrogen-bond donors (Lipinski definition) is 1. The zero-order chi connectivity index (χ0) is 13.0. The molecule has 0 heterocycles. The summed E-state index contributed by atoms with van der Waals surface area (Å²) in [6.07, 6.45) is 1.98. The Balaban J connectivity index is 2.37.